The van der Waals surface area contributed by atoms with Gasteiger partial charge < -0.3 is 5.11 Å². The van der Waals surface area contributed by atoms with Crippen molar-refractivity contribution in [3.63, 3.8) is 0 Å². The highest BCUT2D eigenvalue weighted by Crippen LogP contribution is 2.18. The van der Waals surface area contributed by atoms with E-state index < -0.39 is 21.9 Å². The molecule has 7 nitrogen and oxygen atoms in total. The van der Waals surface area contributed by atoms with Gasteiger partial charge in [-0.1, -0.05) is 6.92 Å². The molecular formula is C10H17N3O4S. The number of aliphatic carboxylic acids is 1. The molecule has 0 aliphatic carbocycles. The van der Waals surface area contributed by atoms with Gasteiger partial charge in [0.05, 0.1) is 17.8 Å². The van der Waals surface area contributed by atoms with Gasteiger partial charge in [0.15, 0.2) is 0 Å². The third-order valence-electron chi connectivity index (χ3n) is 2.83. The summed E-state index contributed by atoms with van der Waals surface area (Å²) in [6.07, 6.45) is 1.27. The number of rotatable bonds is 5. The first-order valence-corrected chi connectivity index (χ1v) is 6.79. The van der Waals surface area contributed by atoms with Crippen LogP contribution < -0.4 is 0 Å². The molecule has 0 spiro atoms. The number of nitrogens with zero attached hydrogens (tertiary/aromatic N) is 3. The molecule has 1 rings (SSSR count). The van der Waals surface area contributed by atoms with Gasteiger partial charge in [0.25, 0.3) is 0 Å². The van der Waals surface area contributed by atoms with Crippen molar-refractivity contribution in [2.24, 2.45) is 13.0 Å². The third-order valence-corrected chi connectivity index (χ3v) is 4.76. The van der Waals surface area contributed by atoms with Crippen molar-refractivity contribution in [2.75, 3.05) is 13.6 Å². The molecule has 1 unspecified atom stereocenters. The number of carboxylic acids is 1. The predicted molar refractivity (Wildman–Crippen MR) is 64.6 cm³/mol. The van der Waals surface area contributed by atoms with Gasteiger partial charge in [-0.15, -0.1) is 0 Å². The summed E-state index contributed by atoms with van der Waals surface area (Å²) in [6, 6.07) is 0. The number of aryl methyl sites for hydroxylation is 1. The summed E-state index contributed by atoms with van der Waals surface area (Å²) in [5.74, 6) is -1.79. The number of carbonyl (C=O) groups is 1. The fraction of sp³-hybridized carbons (Fsp3) is 0.600. The van der Waals surface area contributed by atoms with Crippen molar-refractivity contribution in [1.82, 2.24) is 14.1 Å². The normalized spacial score (nSPS) is 13.8. The molecule has 1 aromatic rings. The summed E-state index contributed by atoms with van der Waals surface area (Å²) in [5, 5.41) is 12.7. The Morgan fingerprint density at radius 1 is 1.61 bits per heavy atom. The molecule has 1 heterocycles. The topological polar surface area (TPSA) is 92.5 Å². The maximum absolute atomic E-state index is 12.2. The lowest BCUT2D eigenvalue weighted by Gasteiger charge is -2.18. The fourth-order valence-electron chi connectivity index (χ4n) is 1.46. The molecule has 0 aromatic carbocycles. The van der Waals surface area contributed by atoms with Crippen LogP contribution in [0.2, 0.25) is 0 Å². The Morgan fingerprint density at radius 2 is 2.17 bits per heavy atom. The van der Waals surface area contributed by atoms with Crippen LogP contribution in [0.1, 0.15) is 12.6 Å². The van der Waals surface area contributed by atoms with Gasteiger partial charge in [0, 0.05) is 20.6 Å². The van der Waals surface area contributed by atoms with Crippen molar-refractivity contribution in [3.05, 3.63) is 11.9 Å². The minimum Gasteiger partial charge on any atom is -0.481 e. The van der Waals surface area contributed by atoms with Gasteiger partial charge >= 0.3 is 5.97 Å². The second kappa shape index (κ2) is 5.07. The average molecular weight is 275 g/mol. The highest BCUT2D eigenvalue weighted by Gasteiger charge is 2.27. The highest BCUT2D eigenvalue weighted by atomic mass is 32.2. The van der Waals surface area contributed by atoms with Gasteiger partial charge in [0.2, 0.25) is 10.0 Å². The molecule has 0 aliphatic rings. The lowest BCUT2D eigenvalue weighted by molar-refractivity contribution is -0.141. The Bertz CT molecular complexity index is 549. The number of carboxylic acid groups (broad SMARTS) is 1. The van der Waals surface area contributed by atoms with Gasteiger partial charge in [-0.25, -0.2) is 8.42 Å². The van der Waals surface area contributed by atoms with Crippen LogP contribution >= 0.6 is 0 Å². The first kappa shape index (κ1) is 14.7. The summed E-state index contributed by atoms with van der Waals surface area (Å²) in [5.41, 5.74) is 0.518. The van der Waals surface area contributed by atoms with Gasteiger partial charge in [-0.2, -0.15) is 9.40 Å². The van der Waals surface area contributed by atoms with Crippen LogP contribution in [0.25, 0.3) is 0 Å². The van der Waals surface area contributed by atoms with Crippen molar-refractivity contribution in [3.8, 4) is 0 Å². The molecule has 18 heavy (non-hydrogen) atoms. The molecule has 0 saturated carbocycles. The zero-order valence-electron chi connectivity index (χ0n) is 10.8. The van der Waals surface area contributed by atoms with E-state index in [-0.39, 0.29) is 11.4 Å². The minimum atomic E-state index is -3.69. The predicted octanol–water partition coefficient (Wildman–Crippen LogP) is 0.0697. The van der Waals surface area contributed by atoms with E-state index in [0.29, 0.717) is 5.69 Å². The van der Waals surface area contributed by atoms with Crippen LogP contribution in [-0.2, 0) is 21.9 Å². The maximum Gasteiger partial charge on any atom is 0.307 e. The van der Waals surface area contributed by atoms with Gasteiger partial charge in [-0.05, 0) is 6.92 Å². The lowest BCUT2D eigenvalue weighted by Crippen LogP contribution is -2.33. The summed E-state index contributed by atoms with van der Waals surface area (Å²) in [6.45, 7) is 3.03. The zero-order chi connectivity index (χ0) is 14.1. The Labute approximate surface area is 106 Å². The van der Waals surface area contributed by atoms with Crippen LogP contribution in [0.5, 0.6) is 0 Å². The molecular weight excluding hydrogens is 258 g/mol. The molecule has 0 fully saturated rings. The van der Waals surface area contributed by atoms with E-state index in [2.05, 4.69) is 5.10 Å². The Hall–Kier alpha value is -1.41. The molecule has 1 N–H and O–H groups in total. The van der Waals surface area contributed by atoms with E-state index in [1.165, 1.54) is 24.9 Å². The quantitative estimate of drug-likeness (QED) is 0.821. The van der Waals surface area contributed by atoms with E-state index >= 15 is 0 Å². The summed E-state index contributed by atoms with van der Waals surface area (Å²) >= 11 is 0. The summed E-state index contributed by atoms with van der Waals surface area (Å²) in [7, 11) is -0.681. The van der Waals surface area contributed by atoms with Crippen LogP contribution in [0.15, 0.2) is 11.1 Å². The molecule has 0 bridgehead atoms. The van der Waals surface area contributed by atoms with Gasteiger partial charge in [0.1, 0.15) is 4.90 Å². The molecule has 0 aliphatic heterocycles. The van der Waals surface area contributed by atoms with Gasteiger partial charge in [-0.3, -0.25) is 9.48 Å². The Morgan fingerprint density at radius 3 is 2.56 bits per heavy atom. The maximum atomic E-state index is 12.2. The molecule has 0 amide bonds. The second-order valence-electron chi connectivity index (χ2n) is 4.24. The molecule has 8 heteroatoms. The monoisotopic (exact) mass is 275 g/mol. The minimum absolute atomic E-state index is 0.0774. The number of sulfonamides is 1. The largest absolute Gasteiger partial charge is 0.481 e. The molecule has 102 valence electrons. The Balaban J connectivity index is 3.01. The Kier molecular flexibility index (Phi) is 4.12. The number of hydrogen-bond donors (Lipinski definition) is 1. The number of aromatic nitrogens is 2. The van der Waals surface area contributed by atoms with E-state index in [1.54, 1.807) is 14.0 Å². The first-order valence-electron chi connectivity index (χ1n) is 5.35. The lowest BCUT2D eigenvalue weighted by atomic mass is 10.2. The van der Waals surface area contributed by atoms with E-state index in [4.69, 9.17) is 5.11 Å². The first-order chi connectivity index (χ1) is 8.17. The zero-order valence-corrected chi connectivity index (χ0v) is 11.6. The highest BCUT2D eigenvalue weighted by molar-refractivity contribution is 7.89. The number of hydrogen-bond acceptors (Lipinski definition) is 4. The smallest absolute Gasteiger partial charge is 0.307 e. The van der Waals surface area contributed by atoms with Crippen LogP contribution in [0.4, 0.5) is 0 Å². The van der Waals surface area contributed by atoms with Crippen LogP contribution in [0, 0.1) is 12.8 Å². The van der Waals surface area contributed by atoms with Crippen molar-refractivity contribution >= 4 is 16.0 Å². The standard InChI is InChI=1S/C10H17N3O4S/c1-7(10(14)15)6-12(3)18(16,17)9-5-11-13(4)8(9)2/h5,7H,6H2,1-4H3,(H,14,15). The molecule has 1 atom stereocenters. The van der Waals surface area contributed by atoms with E-state index in [0.717, 1.165) is 4.31 Å². The van der Waals surface area contributed by atoms with Crippen LogP contribution in [-0.4, -0.2) is 47.2 Å². The average Bonchev–Trinajstić information content (AvgIpc) is 2.59. The van der Waals surface area contributed by atoms with Crippen molar-refractivity contribution in [1.29, 1.82) is 0 Å². The van der Waals surface area contributed by atoms with E-state index in [1.807, 2.05) is 0 Å². The van der Waals surface area contributed by atoms with Crippen LogP contribution in [0.3, 0.4) is 0 Å². The second-order valence-corrected chi connectivity index (χ2v) is 6.26. The summed E-state index contributed by atoms with van der Waals surface area (Å²) in [4.78, 5) is 10.8. The molecule has 1 aromatic heterocycles. The third kappa shape index (κ3) is 2.70. The fourth-order valence-corrected chi connectivity index (χ4v) is 2.90. The SMILES string of the molecule is Cc1c(S(=O)(=O)N(C)CC(C)C(=O)O)cnn1C. The summed E-state index contributed by atoms with van der Waals surface area (Å²) < 4.78 is 26.9. The van der Waals surface area contributed by atoms with Crippen molar-refractivity contribution < 1.29 is 18.3 Å². The van der Waals surface area contributed by atoms with E-state index in [9.17, 15) is 13.2 Å². The molecule has 0 radical (unpaired) electrons. The molecule has 0 saturated heterocycles. The van der Waals surface area contributed by atoms with Crippen molar-refractivity contribution in [2.45, 2.75) is 18.7 Å².